The van der Waals surface area contributed by atoms with E-state index in [0.29, 0.717) is 25.6 Å². The van der Waals surface area contributed by atoms with Gasteiger partial charge in [-0.3, -0.25) is 4.79 Å². The lowest BCUT2D eigenvalue weighted by Gasteiger charge is -2.25. The molecule has 2 unspecified atom stereocenters. The van der Waals surface area contributed by atoms with Crippen molar-refractivity contribution in [1.82, 2.24) is 0 Å². The summed E-state index contributed by atoms with van der Waals surface area (Å²) in [4.78, 5) is 11.2. The Morgan fingerprint density at radius 2 is 1.92 bits per heavy atom. The first kappa shape index (κ1) is 21.3. The summed E-state index contributed by atoms with van der Waals surface area (Å²) in [6, 6.07) is 5.97. The lowest BCUT2D eigenvalue weighted by molar-refractivity contribution is -0.143. The van der Waals surface area contributed by atoms with E-state index in [4.69, 9.17) is 15.2 Å². The van der Waals surface area contributed by atoms with Crippen LogP contribution in [0.4, 0.5) is 0 Å². The van der Waals surface area contributed by atoms with Gasteiger partial charge in [0.2, 0.25) is 0 Å². The summed E-state index contributed by atoms with van der Waals surface area (Å²) in [7, 11) is 0. The second-order valence-electron chi connectivity index (χ2n) is 6.73. The zero-order valence-corrected chi connectivity index (χ0v) is 16.0. The SMILES string of the molecule is CCOc1ccc(CCCC(CC)CC(C)(N)C(=O)O)c(OCC)c1. The zero-order chi connectivity index (χ0) is 18.9. The summed E-state index contributed by atoms with van der Waals surface area (Å²) in [6.07, 6.45) is 4.26. The quantitative estimate of drug-likeness (QED) is 0.594. The first-order chi connectivity index (χ1) is 11.8. The van der Waals surface area contributed by atoms with Crippen molar-refractivity contribution in [2.75, 3.05) is 13.2 Å². The Kier molecular flexibility index (Phi) is 8.76. The largest absolute Gasteiger partial charge is 0.494 e. The average Bonchev–Trinajstić information content (AvgIpc) is 2.56. The van der Waals surface area contributed by atoms with E-state index in [9.17, 15) is 9.90 Å². The monoisotopic (exact) mass is 351 g/mol. The summed E-state index contributed by atoms with van der Waals surface area (Å²) < 4.78 is 11.3. The number of ether oxygens (including phenoxy) is 2. The molecule has 5 nitrogen and oxygen atoms in total. The summed E-state index contributed by atoms with van der Waals surface area (Å²) in [5.41, 5.74) is 5.90. The van der Waals surface area contributed by atoms with E-state index in [1.807, 2.05) is 26.0 Å². The number of rotatable bonds is 12. The van der Waals surface area contributed by atoms with Gasteiger partial charge in [0.25, 0.3) is 0 Å². The number of carboxylic acids is 1. The maximum Gasteiger partial charge on any atom is 0.323 e. The Morgan fingerprint density at radius 3 is 2.48 bits per heavy atom. The highest BCUT2D eigenvalue weighted by atomic mass is 16.5. The Bertz CT molecular complexity index is 542. The summed E-state index contributed by atoms with van der Waals surface area (Å²) in [6.45, 7) is 8.86. The van der Waals surface area contributed by atoms with Crippen molar-refractivity contribution in [2.24, 2.45) is 11.7 Å². The van der Waals surface area contributed by atoms with Gasteiger partial charge in [-0.25, -0.2) is 0 Å². The molecule has 0 aliphatic heterocycles. The van der Waals surface area contributed by atoms with E-state index in [-0.39, 0.29) is 0 Å². The van der Waals surface area contributed by atoms with Crippen LogP contribution in [0.25, 0.3) is 0 Å². The lowest BCUT2D eigenvalue weighted by Crippen LogP contribution is -2.46. The summed E-state index contributed by atoms with van der Waals surface area (Å²) >= 11 is 0. The molecule has 1 aromatic carbocycles. The third kappa shape index (κ3) is 6.94. The number of hydrogen-bond acceptors (Lipinski definition) is 4. The van der Waals surface area contributed by atoms with Crippen LogP contribution in [-0.4, -0.2) is 29.8 Å². The molecule has 0 saturated heterocycles. The molecule has 0 aliphatic carbocycles. The second kappa shape index (κ2) is 10.3. The molecular formula is C20H33NO4. The molecule has 0 spiro atoms. The predicted octanol–water partition coefficient (Wildman–Crippen LogP) is 4.03. The van der Waals surface area contributed by atoms with Crippen LogP contribution < -0.4 is 15.2 Å². The van der Waals surface area contributed by atoms with E-state index >= 15 is 0 Å². The standard InChI is InChI=1S/C20H33NO4/c1-5-15(14-20(4,21)19(22)23)9-8-10-16-11-12-17(24-6-2)13-18(16)25-7-3/h11-13,15H,5-10,14,21H2,1-4H3,(H,22,23). The molecule has 1 aromatic rings. The van der Waals surface area contributed by atoms with Crippen molar-refractivity contribution in [3.05, 3.63) is 23.8 Å². The number of hydrogen-bond donors (Lipinski definition) is 2. The van der Waals surface area contributed by atoms with Crippen molar-refractivity contribution in [2.45, 2.75) is 65.3 Å². The van der Waals surface area contributed by atoms with Crippen LogP contribution in [0.1, 0.15) is 58.9 Å². The Balaban J connectivity index is 2.65. The van der Waals surface area contributed by atoms with Crippen LogP contribution >= 0.6 is 0 Å². The second-order valence-corrected chi connectivity index (χ2v) is 6.73. The van der Waals surface area contributed by atoms with Crippen molar-refractivity contribution >= 4 is 5.97 Å². The lowest BCUT2D eigenvalue weighted by atomic mass is 9.85. The molecule has 0 aromatic heterocycles. The molecule has 142 valence electrons. The van der Waals surface area contributed by atoms with Crippen molar-refractivity contribution in [3.63, 3.8) is 0 Å². The molecule has 2 atom stereocenters. The molecule has 0 bridgehead atoms. The fraction of sp³-hybridized carbons (Fsp3) is 0.650. The minimum Gasteiger partial charge on any atom is -0.494 e. The van der Waals surface area contributed by atoms with Gasteiger partial charge in [0.05, 0.1) is 13.2 Å². The molecule has 1 rings (SSSR count). The highest BCUT2D eigenvalue weighted by molar-refractivity contribution is 5.77. The van der Waals surface area contributed by atoms with Gasteiger partial charge in [0.1, 0.15) is 17.0 Å². The third-order valence-electron chi connectivity index (χ3n) is 4.49. The van der Waals surface area contributed by atoms with E-state index < -0.39 is 11.5 Å². The molecule has 0 amide bonds. The van der Waals surface area contributed by atoms with Gasteiger partial charge < -0.3 is 20.3 Å². The molecule has 3 N–H and O–H groups in total. The van der Waals surface area contributed by atoms with Gasteiger partial charge in [-0.15, -0.1) is 0 Å². The first-order valence-electron chi connectivity index (χ1n) is 9.24. The number of aryl methyl sites for hydroxylation is 1. The molecule has 0 radical (unpaired) electrons. The van der Waals surface area contributed by atoms with Crippen molar-refractivity contribution in [3.8, 4) is 11.5 Å². The van der Waals surface area contributed by atoms with Crippen LogP contribution in [0, 0.1) is 5.92 Å². The predicted molar refractivity (Wildman–Crippen MR) is 100 cm³/mol. The van der Waals surface area contributed by atoms with Gasteiger partial charge in [0, 0.05) is 6.07 Å². The van der Waals surface area contributed by atoms with E-state index in [1.54, 1.807) is 6.92 Å². The average molecular weight is 351 g/mol. The Labute approximate surface area is 151 Å². The van der Waals surface area contributed by atoms with Gasteiger partial charge in [-0.05, 0) is 57.6 Å². The number of aliphatic carboxylic acids is 1. The molecule has 0 aliphatic rings. The highest BCUT2D eigenvalue weighted by Gasteiger charge is 2.30. The number of carboxylic acid groups (broad SMARTS) is 1. The van der Waals surface area contributed by atoms with Crippen LogP contribution in [0.3, 0.4) is 0 Å². The fourth-order valence-electron chi connectivity index (χ4n) is 3.01. The number of benzene rings is 1. The maximum atomic E-state index is 11.2. The fourth-order valence-corrected chi connectivity index (χ4v) is 3.01. The molecule has 0 saturated carbocycles. The molecule has 5 heteroatoms. The van der Waals surface area contributed by atoms with Crippen LogP contribution in [-0.2, 0) is 11.2 Å². The number of carbonyl (C=O) groups is 1. The van der Waals surface area contributed by atoms with Crippen molar-refractivity contribution in [1.29, 1.82) is 0 Å². The first-order valence-corrected chi connectivity index (χ1v) is 9.24. The number of nitrogens with two attached hydrogens (primary N) is 1. The Hall–Kier alpha value is -1.75. The molecule has 0 heterocycles. The van der Waals surface area contributed by atoms with Crippen LogP contribution in [0.5, 0.6) is 11.5 Å². The smallest absolute Gasteiger partial charge is 0.323 e. The molecule has 25 heavy (non-hydrogen) atoms. The van der Waals surface area contributed by atoms with E-state index in [2.05, 4.69) is 13.0 Å². The summed E-state index contributed by atoms with van der Waals surface area (Å²) in [5.74, 6) is 1.07. The maximum absolute atomic E-state index is 11.2. The third-order valence-corrected chi connectivity index (χ3v) is 4.49. The normalized spacial score (nSPS) is 14.6. The minimum atomic E-state index is -1.16. The van der Waals surface area contributed by atoms with E-state index in [0.717, 1.165) is 42.7 Å². The summed E-state index contributed by atoms with van der Waals surface area (Å²) in [5, 5.41) is 9.20. The van der Waals surface area contributed by atoms with Crippen molar-refractivity contribution < 1.29 is 19.4 Å². The minimum absolute atomic E-state index is 0.310. The zero-order valence-electron chi connectivity index (χ0n) is 16.0. The van der Waals surface area contributed by atoms with Crippen LogP contribution in [0.2, 0.25) is 0 Å². The van der Waals surface area contributed by atoms with Crippen LogP contribution in [0.15, 0.2) is 18.2 Å². The van der Waals surface area contributed by atoms with E-state index in [1.165, 1.54) is 0 Å². The molecule has 0 fully saturated rings. The van der Waals surface area contributed by atoms with Gasteiger partial charge >= 0.3 is 5.97 Å². The van der Waals surface area contributed by atoms with Gasteiger partial charge in [-0.2, -0.15) is 0 Å². The highest BCUT2D eigenvalue weighted by Crippen LogP contribution is 2.28. The van der Waals surface area contributed by atoms with Gasteiger partial charge in [0.15, 0.2) is 0 Å². The topological polar surface area (TPSA) is 81.8 Å². The molecular weight excluding hydrogens is 318 g/mol. The van der Waals surface area contributed by atoms with Gasteiger partial charge in [-0.1, -0.05) is 25.8 Å². The Morgan fingerprint density at radius 1 is 1.24 bits per heavy atom.